The van der Waals surface area contributed by atoms with Crippen LogP contribution in [0.4, 0.5) is 0 Å². The number of nitrogens with zero attached hydrogens (tertiary/aromatic N) is 2. The number of aryl methyl sites for hydroxylation is 2. The highest BCUT2D eigenvalue weighted by Gasteiger charge is 2.22. The maximum atomic E-state index is 11.4. The summed E-state index contributed by atoms with van der Waals surface area (Å²) in [5.74, 6) is -0.756. The number of rotatable bonds is 3. The van der Waals surface area contributed by atoms with Gasteiger partial charge in [-0.1, -0.05) is 48.9 Å². The van der Waals surface area contributed by atoms with Gasteiger partial charge in [-0.2, -0.15) is 0 Å². The Kier molecular flexibility index (Phi) is 3.53. The van der Waals surface area contributed by atoms with Gasteiger partial charge in [0.05, 0.1) is 11.4 Å². The Labute approximate surface area is 133 Å². The van der Waals surface area contributed by atoms with Crippen LogP contribution in [0.1, 0.15) is 46.3 Å². The van der Waals surface area contributed by atoms with Crippen molar-refractivity contribution in [3.63, 3.8) is 0 Å². The first-order chi connectivity index (χ1) is 10.4. The van der Waals surface area contributed by atoms with E-state index in [0.717, 1.165) is 21.9 Å². The van der Waals surface area contributed by atoms with Crippen molar-refractivity contribution in [1.82, 2.24) is 9.38 Å². The molecule has 0 saturated carbocycles. The molecule has 3 aromatic rings. The molecule has 0 unspecified atom stereocenters. The van der Waals surface area contributed by atoms with Gasteiger partial charge in [0.25, 0.3) is 0 Å². The SMILES string of the molecule is Cc1ccc(-c2cn3c(C(C)C)c(C(=O)O)sc3n2)c(C)c1. The largest absolute Gasteiger partial charge is 0.477 e. The number of thiazole rings is 1. The van der Waals surface area contributed by atoms with E-state index in [1.54, 1.807) is 0 Å². The molecule has 0 spiro atoms. The molecule has 4 nitrogen and oxygen atoms in total. The van der Waals surface area contributed by atoms with Crippen LogP contribution < -0.4 is 0 Å². The number of hydrogen-bond donors (Lipinski definition) is 1. The molecule has 0 fully saturated rings. The van der Waals surface area contributed by atoms with Gasteiger partial charge in [-0.3, -0.25) is 4.40 Å². The zero-order valence-electron chi connectivity index (χ0n) is 13.0. The van der Waals surface area contributed by atoms with Crippen LogP contribution in [-0.4, -0.2) is 20.5 Å². The number of carboxylic acids is 1. The third-order valence-corrected chi connectivity index (χ3v) is 4.82. The van der Waals surface area contributed by atoms with Crippen molar-refractivity contribution < 1.29 is 9.90 Å². The first-order valence-electron chi connectivity index (χ1n) is 7.21. The van der Waals surface area contributed by atoms with Crippen molar-refractivity contribution in [3.05, 3.63) is 46.1 Å². The van der Waals surface area contributed by atoms with Gasteiger partial charge in [0, 0.05) is 11.8 Å². The highest BCUT2D eigenvalue weighted by molar-refractivity contribution is 7.19. The summed E-state index contributed by atoms with van der Waals surface area (Å²) in [5, 5.41) is 9.36. The molecular formula is C17H18N2O2S. The van der Waals surface area contributed by atoms with E-state index in [1.807, 2.05) is 24.4 Å². The maximum absolute atomic E-state index is 11.4. The number of hydrogen-bond acceptors (Lipinski definition) is 3. The average molecular weight is 314 g/mol. The van der Waals surface area contributed by atoms with Crippen LogP contribution in [0.15, 0.2) is 24.4 Å². The van der Waals surface area contributed by atoms with E-state index in [1.165, 1.54) is 22.5 Å². The van der Waals surface area contributed by atoms with Gasteiger partial charge in [-0.25, -0.2) is 9.78 Å². The number of carboxylic acid groups (broad SMARTS) is 1. The minimum Gasteiger partial charge on any atom is -0.477 e. The molecule has 2 heterocycles. The molecule has 0 bridgehead atoms. The van der Waals surface area contributed by atoms with Crippen molar-refractivity contribution >= 4 is 22.3 Å². The van der Waals surface area contributed by atoms with Crippen molar-refractivity contribution in [1.29, 1.82) is 0 Å². The average Bonchev–Trinajstić information content (AvgIpc) is 2.94. The van der Waals surface area contributed by atoms with Crippen LogP contribution in [0.2, 0.25) is 0 Å². The Morgan fingerprint density at radius 1 is 1.32 bits per heavy atom. The lowest BCUT2D eigenvalue weighted by Crippen LogP contribution is -2.02. The summed E-state index contributed by atoms with van der Waals surface area (Å²) in [6, 6.07) is 6.28. The van der Waals surface area contributed by atoms with Crippen LogP contribution in [0.5, 0.6) is 0 Å². The molecule has 0 radical (unpaired) electrons. The molecule has 2 aromatic heterocycles. The van der Waals surface area contributed by atoms with E-state index >= 15 is 0 Å². The number of aromatic carboxylic acids is 1. The zero-order chi connectivity index (χ0) is 16.0. The fraction of sp³-hybridized carbons (Fsp3) is 0.294. The van der Waals surface area contributed by atoms with E-state index in [9.17, 15) is 9.90 Å². The van der Waals surface area contributed by atoms with Crippen molar-refractivity contribution in [2.75, 3.05) is 0 Å². The van der Waals surface area contributed by atoms with Crippen molar-refractivity contribution in [2.24, 2.45) is 0 Å². The Morgan fingerprint density at radius 3 is 2.64 bits per heavy atom. The minimum atomic E-state index is -0.882. The summed E-state index contributed by atoms with van der Waals surface area (Å²) < 4.78 is 1.92. The van der Waals surface area contributed by atoms with Crippen LogP contribution in [0.3, 0.4) is 0 Å². The van der Waals surface area contributed by atoms with Gasteiger partial charge >= 0.3 is 5.97 Å². The molecule has 0 aliphatic rings. The molecule has 1 aromatic carbocycles. The predicted molar refractivity (Wildman–Crippen MR) is 89.0 cm³/mol. The summed E-state index contributed by atoms with van der Waals surface area (Å²) >= 11 is 1.24. The molecule has 0 amide bonds. The molecule has 114 valence electrons. The number of carbonyl (C=O) groups is 1. The Balaban J connectivity index is 2.21. The molecule has 5 heteroatoms. The summed E-state index contributed by atoms with van der Waals surface area (Å²) in [5.41, 5.74) is 5.19. The third-order valence-electron chi connectivity index (χ3n) is 3.76. The lowest BCUT2D eigenvalue weighted by Gasteiger charge is -2.06. The monoisotopic (exact) mass is 314 g/mol. The molecule has 0 atom stereocenters. The maximum Gasteiger partial charge on any atom is 0.347 e. The van der Waals surface area contributed by atoms with Gasteiger partial charge in [-0.15, -0.1) is 0 Å². The molecule has 0 aliphatic heterocycles. The lowest BCUT2D eigenvalue weighted by atomic mass is 10.0. The van der Waals surface area contributed by atoms with Gasteiger partial charge in [0.1, 0.15) is 4.88 Å². The summed E-state index contributed by atoms with van der Waals surface area (Å²) in [7, 11) is 0. The second kappa shape index (κ2) is 5.25. The second-order valence-corrected chi connectivity index (χ2v) is 6.85. The highest BCUT2D eigenvalue weighted by atomic mass is 32.1. The molecule has 1 N–H and O–H groups in total. The van der Waals surface area contributed by atoms with E-state index in [0.29, 0.717) is 4.88 Å². The van der Waals surface area contributed by atoms with Crippen LogP contribution in [0.25, 0.3) is 16.2 Å². The fourth-order valence-electron chi connectivity index (χ4n) is 2.79. The van der Waals surface area contributed by atoms with E-state index in [2.05, 4.69) is 37.0 Å². The molecule has 0 saturated heterocycles. The van der Waals surface area contributed by atoms with Gasteiger partial charge in [0.2, 0.25) is 0 Å². The van der Waals surface area contributed by atoms with Crippen molar-refractivity contribution in [3.8, 4) is 11.3 Å². The van der Waals surface area contributed by atoms with Crippen LogP contribution in [-0.2, 0) is 0 Å². The Morgan fingerprint density at radius 2 is 2.05 bits per heavy atom. The number of imidazole rings is 1. The number of fused-ring (bicyclic) bond motifs is 1. The molecule has 22 heavy (non-hydrogen) atoms. The van der Waals surface area contributed by atoms with Gasteiger partial charge in [-0.05, 0) is 25.3 Å². The van der Waals surface area contributed by atoms with E-state index in [4.69, 9.17) is 0 Å². The second-order valence-electron chi connectivity index (χ2n) is 5.87. The zero-order valence-corrected chi connectivity index (χ0v) is 13.9. The predicted octanol–water partition coefficient (Wildman–Crippen LogP) is 4.50. The van der Waals surface area contributed by atoms with Crippen molar-refractivity contribution in [2.45, 2.75) is 33.6 Å². The first kappa shape index (κ1) is 14.8. The molecule has 0 aliphatic carbocycles. The minimum absolute atomic E-state index is 0.126. The van der Waals surface area contributed by atoms with Crippen LogP contribution >= 0.6 is 11.3 Å². The third kappa shape index (κ3) is 2.31. The number of benzene rings is 1. The topological polar surface area (TPSA) is 54.6 Å². The Bertz CT molecular complexity index is 874. The normalized spacial score (nSPS) is 11.5. The molecule has 3 rings (SSSR count). The molecular weight excluding hydrogens is 296 g/mol. The summed E-state index contributed by atoms with van der Waals surface area (Å²) in [6.07, 6.45) is 1.95. The first-order valence-corrected chi connectivity index (χ1v) is 8.03. The Hall–Kier alpha value is -2.14. The summed E-state index contributed by atoms with van der Waals surface area (Å²) in [6.45, 7) is 8.15. The highest BCUT2D eigenvalue weighted by Crippen LogP contribution is 2.32. The standard InChI is InChI=1S/C17H18N2O2S/c1-9(2)14-15(16(20)21)22-17-18-13(8-19(14)17)12-6-5-10(3)7-11(12)4/h5-9H,1-4H3,(H,20,21). The quantitative estimate of drug-likeness (QED) is 0.774. The van der Waals surface area contributed by atoms with Gasteiger partial charge < -0.3 is 5.11 Å². The number of aromatic nitrogens is 2. The van der Waals surface area contributed by atoms with Crippen LogP contribution in [0, 0.1) is 13.8 Å². The fourth-order valence-corrected chi connectivity index (χ4v) is 3.89. The van der Waals surface area contributed by atoms with E-state index in [-0.39, 0.29) is 5.92 Å². The summed E-state index contributed by atoms with van der Waals surface area (Å²) in [4.78, 5) is 17.2. The van der Waals surface area contributed by atoms with E-state index < -0.39 is 5.97 Å². The van der Waals surface area contributed by atoms with Gasteiger partial charge in [0.15, 0.2) is 4.96 Å². The smallest absolute Gasteiger partial charge is 0.347 e. The lowest BCUT2D eigenvalue weighted by molar-refractivity contribution is 0.0700.